The molecule has 1 atom stereocenters. The fourth-order valence-electron chi connectivity index (χ4n) is 3.87. The van der Waals surface area contributed by atoms with E-state index in [9.17, 15) is 9.59 Å². The van der Waals surface area contributed by atoms with Crippen molar-refractivity contribution in [3.63, 3.8) is 0 Å². The molecule has 138 valence electrons. The molecule has 2 amide bonds. The van der Waals surface area contributed by atoms with Gasteiger partial charge in [0.15, 0.2) is 0 Å². The maximum Gasteiger partial charge on any atom is 0.264 e. The molecule has 1 unspecified atom stereocenters. The second-order valence-corrected chi connectivity index (χ2v) is 8.11. The number of piperazine rings is 1. The number of likely N-dealkylation sites (tertiary alicyclic amines) is 1. The molecule has 1 N–H and O–H groups in total. The van der Waals surface area contributed by atoms with Crippen molar-refractivity contribution in [3.8, 4) is 0 Å². The molecule has 0 aromatic carbocycles. The van der Waals surface area contributed by atoms with Gasteiger partial charge < -0.3 is 15.1 Å². The monoisotopic (exact) mass is 363 g/mol. The summed E-state index contributed by atoms with van der Waals surface area (Å²) in [4.78, 5) is 31.3. The molecule has 5 nitrogen and oxygen atoms in total. The molecule has 3 heterocycles. The van der Waals surface area contributed by atoms with Crippen LogP contribution in [-0.2, 0) is 17.6 Å². The van der Waals surface area contributed by atoms with E-state index in [0.717, 1.165) is 56.6 Å². The molecule has 2 aliphatic heterocycles. The first-order chi connectivity index (χ1) is 12.1. The molecule has 0 radical (unpaired) electrons. The van der Waals surface area contributed by atoms with Crippen LogP contribution in [-0.4, -0.2) is 60.4 Å². The van der Waals surface area contributed by atoms with Gasteiger partial charge in [0.2, 0.25) is 5.91 Å². The number of nitrogens with one attached hydrogen (secondary N) is 1. The van der Waals surface area contributed by atoms with Gasteiger partial charge in [0, 0.05) is 37.1 Å². The van der Waals surface area contributed by atoms with Crippen molar-refractivity contribution in [2.45, 2.75) is 52.0 Å². The Hall–Kier alpha value is -1.40. The molecule has 0 bridgehead atoms. The van der Waals surface area contributed by atoms with Crippen LogP contribution in [0.3, 0.4) is 0 Å². The minimum absolute atomic E-state index is 0.148. The molecule has 25 heavy (non-hydrogen) atoms. The average Bonchev–Trinajstić information content (AvgIpc) is 3.05. The lowest BCUT2D eigenvalue weighted by Crippen LogP contribution is -2.57. The van der Waals surface area contributed by atoms with Crippen LogP contribution in [0.2, 0.25) is 0 Å². The maximum absolute atomic E-state index is 13.0. The fourth-order valence-corrected chi connectivity index (χ4v) is 5.19. The Labute approximate surface area is 154 Å². The minimum atomic E-state index is 0.148. The number of carbonyl (C=O) groups is 2. The van der Waals surface area contributed by atoms with E-state index >= 15 is 0 Å². The van der Waals surface area contributed by atoms with Crippen molar-refractivity contribution in [1.82, 2.24) is 15.1 Å². The van der Waals surface area contributed by atoms with Gasteiger partial charge in [-0.25, -0.2) is 0 Å². The Morgan fingerprint density at radius 2 is 2.20 bits per heavy atom. The summed E-state index contributed by atoms with van der Waals surface area (Å²) in [7, 11) is 0. The number of piperidine rings is 1. The summed E-state index contributed by atoms with van der Waals surface area (Å²) in [6, 6.07) is 2.27. The summed E-state index contributed by atoms with van der Waals surface area (Å²) in [5.41, 5.74) is 1.32. The Kier molecular flexibility index (Phi) is 6.12. The molecule has 0 spiro atoms. The van der Waals surface area contributed by atoms with Gasteiger partial charge in [-0.2, -0.15) is 0 Å². The molecule has 0 saturated carbocycles. The van der Waals surface area contributed by atoms with Crippen molar-refractivity contribution in [2.24, 2.45) is 0 Å². The van der Waals surface area contributed by atoms with E-state index in [1.807, 2.05) is 9.80 Å². The molecule has 6 heteroatoms. The summed E-state index contributed by atoms with van der Waals surface area (Å²) in [6.07, 6.45) is 5.12. The zero-order valence-electron chi connectivity index (χ0n) is 15.3. The Morgan fingerprint density at radius 3 is 2.92 bits per heavy atom. The fraction of sp³-hybridized carbons (Fsp3) is 0.684. The Balaban J connectivity index is 1.70. The van der Waals surface area contributed by atoms with Crippen LogP contribution in [0, 0.1) is 0 Å². The van der Waals surface area contributed by atoms with Crippen molar-refractivity contribution in [3.05, 3.63) is 21.4 Å². The van der Waals surface area contributed by atoms with E-state index in [4.69, 9.17) is 0 Å². The van der Waals surface area contributed by atoms with E-state index < -0.39 is 0 Å². The van der Waals surface area contributed by atoms with Crippen LogP contribution in [0.1, 0.15) is 53.2 Å². The second kappa shape index (κ2) is 8.32. The summed E-state index contributed by atoms with van der Waals surface area (Å²) < 4.78 is 0. The lowest BCUT2D eigenvalue weighted by atomic mass is 10.0. The lowest BCUT2D eigenvalue weighted by Gasteiger charge is -2.41. The van der Waals surface area contributed by atoms with Crippen molar-refractivity contribution >= 4 is 23.2 Å². The molecule has 3 rings (SSSR count). The topological polar surface area (TPSA) is 52.7 Å². The third-order valence-corrected chi connectivity index (χ3v) is 6.44. The van der Waals surface area contributed by atoms with E-state index in [2.05, 4.69) is 25.2 Å². The zero-order chi connectivity index (χ0) is 17.8. The minimum Gasteiger partial charge on any atom is -0.336 e. The van der Waals surface area contributed by atoms with Gasteiger partial charge in [0.1, 0.15) is 0 Å². The van der Waals surface area contributed by atoms with Crippen molar-refractivity contribution < 1.29 is 9.59 Å². The largest absolute Gasteiger partial charge is 0.336 e. The Bertz CT molecular complexity index is 628. The number of rotatable bonds is 5. The van der Waals surface area contributed by atoms with Gasteiger partial charge in [-0.3, -0.25) is 9.59 Å². The smallest absolute Gasteiger partial charge is 0.264 e. The van der Waals surface area contributed by atoms with Crippen LogP contribution in [0.5, 0.6) is 0 Å². The van der Waals surface area contributed by atoms with Crippen molar-refractivity contribution in [2.75, 3.05) is 32.7 Å². The van der Waals surface area contributed by atoms with Crippen LogP contribution in [0.4, 0.5) is 0 Å². The van der Waals surface area contributed by atoms with Gasteiger partial charge in [-0.05, 0) is 37.3 Å². The first-order valence-electron chi connectivity index (χ1n) is 9.55. The van der Waals surface area contributed by atoms with E-state index in [-0.39, 0.29) is 17.9 Å². The maximum atomic E-state index is 13.0. The first kappa shape index (κ1) is 18.4. The van der Waals surface area contributed by atoms with Gasteiger partial charge in [0.05, 0.1) is 11.4 Å². The summed E-state index contributed by atoms with van der Waals surface area (Å²) in [5.74, 6) is 0.314. The number of hydrogen-bond acceptors (Lipinski definition) is 4. The highest BCUT2D eigenvalue weighted by Crippen LogP contribution is 2.27. The van der Waals surface area contributed by atoms with Gasteiger partial charge in [-0.1, -0.05) is 20.3 Å². The highest BCUT2D eigenvalue weighted by atomic mass is 32.1. The average molecular weight is 364 g/mol. The summed E-state index contributed by atoms with van der Waals surface area (Å²) in [5, 5.41) is 3.12. The van der Waals surface area contributed by atoms with Gasteiger partial charge in [0.25, 0.3) is 5.91 Å². The first-order valence-corrected chi connectivity index (χ1v) is 10.4. The number of hydrogen-bond donors (Lipinski definition) is 1. The quantitative estimate of drug-likeness (QED) is 0.873. The van der Waals surface area contributed by atoms with Crippen LogP contribution in [0.15, 0.2) is 6.07 Å². The molecule has 1 aromatic heterocycles. The van der Waals surface area contributed by atoms with E-state index in [0.29, 0.717) is 13.1 Å². The zero-order valence-corrected chi connectivity index (χ0v) is 16.2. The van der Waals surface area contributed by atoms with Gasteiger partial charge >= 0.3 is 0 Å². The van der Waals surface area contributed by atoms with Crippen LogP contribution in [0.25, 0.3) is 0 Å². The molecule has 0 aliphatic carbocycles. The molecular weight excluding hydrogens is 334 g/mol. The molecule has 2 saturated heterocycles. The number of thiophene rings is 1. The third kappa shape index (κ3) is 4.06. The lowest BCUT2D eigenvalue weighted by molar-refractivity contribution is -0.135. The third-order valence-electron chi connectivity index (χ3n) is 5.22. The van der Waals surface area contributed by atoms with Crippen molar-refractivity contribution in [1.29, 1.82) is 0 Å². The standard InChI is InChI=1S/C19H29N3O2S/c1-3-6-16-14(4-2)11-17(25-16)19(24)21-9-5-7-15(13-21)22-10-8-20-12-18(22)23/h11,15,20H,3-10,12-13H2,1-2H3. The highest BCUT2D eigenvalue weighted by molar-refractivity contribution is 7.14. The predicted octanol–water partition coefficient (Wildman–Crippen LogP) is 2.30. The van der Waals surface area contributed by atoms with Crippen LogP contribution < -0.4 is 5.32 Å². The Morgan fingerprint density at radius 1 is 1.36 bits per heavy atom. The van der Waals surface area contributed by atoms with E-state index in [1.54, 1.807) is 11.3 Å². The summed E-state index contributed by atoms with van der Waals surface area (Å²) >= 11 is 1.67. The molecule has 2 fully saturated rings. The predicted molar refractivity (Wildman–Crippen MR) is 101 cm³/mol. The number of aryl methyl sites for hydroxylation is 2. The molecule has 1 aromatic rings. The molecule has 2 aliphatic rings. The number of carbonyl (C=O) groups excluding carboxylic acids is 2. The normalized spacial score (nSPS) is 21.7. The van der Waals surface area contributed by atoms with Gasteiger partial charge in [-0.15, -0.1) is 11.3 Å². The van der Waals surface area contributed by atoms with Crippen LogP contribution >= 0.6 is 11.3 Å². The van der Waals surface area contributed by atoms with E-state index in [1.165, 1.54) is 10.4 Å². The number of nitrogens with zero attached hydrogens (tertiary/aromatic N) is 2. The second-order valence-electron chi connectivity index (χ2n) is 6.97. The molecular formula is C19H29N3O2S. The highest BCUT2D eigenvalue weighted by Gasteiger charge is 2.32. The number of amides is 2. The SMILES string of the molecule is CCCc1sc(C(=O)N2CCCC(N3CCNCC3=O)C2)cc1CC. The summed E-state index contributed by atoms with van der Waals surface area (Å²) in [6.45, 7) is 7.84.